The number of carbonyl (C=O) groups is 2. The van der Waals surface area contributed by atoms with Crippen LogP contribution in [0.3, 0.4) is 0 Å². The van der Waals surface area contributed by atoms with Crippen LogP contribution in [0.15, 0.2) is 23.1 Å². The van der Waals surface area contributed by atoms with Crippen LogP contribution in [0.2, 0.25) is 0 Å². The Labute approximate surface area is 203 Å². The molecule has 4 aliphatic rings. The highest BCUT2D eigenvalue weighted by atomic mass is 32.2. The highest BCUT2D eigenvalue weighted by Gasteiger charge is 2.39. The average Bonchev–Trinajstić information content (AvgIpc) is 2.94. The minimum Gasteiger partial charge on any atom is -0.342 e. The molecule has 1 saturated carbocycles. The molecule has 1 aliphatic carbocycles. The van der Waals surface area contributed by atoms with Gasteiger partial charge in [0.15, 0.2) is 0 Å². The first-order valence-electron chi connectivity index (χ1n) is 13.1. The van der Waals surface area contributed by atoms with Gasteiger partial charge in [-0.05, 0) is 75.6 Å². The van der Waals surface area contributed by atoms with Crippen LogP contribution in [-0.2, 0) is 26.0 Å². The Hall–Kier alpha value is -1.93. The third-order valence-electron chi connectivity index (χ3n) is 8.32. The average molecular weight is 488 g/mol. The van der Waals surface area contributed by atoms with Crippen molar-refractivity contribution in [3.63, 3.8) is 0 Å². The van der Waals surface area contributed by atoms with Crippen molar-refractivity contribution in [1.29, 1.82) is 0 Å². The van der Waals surface area contributed by atoms with Crippen molar-refractivity contribution in [2.45, 2.75) is 82.1 Å². The van der Waals surface area contributed by atoms with Gasteiger partial charge in [0, 0.05) is 49.7 Å². The molecule has 0 aromatic heterocycles. The number of nitrogens with zero attached hydrogens (tertiary/aromatic N) is 3. The number of rotatable bonds is 4. The van der Waals surface area contributed by atoms with Crippen LogP contribution in [0.1, 0.15) is 70.3 Å². The van der Waals surface area contributed by atoms with Gasteiger partial charge in [0.25, 0.3) is 0 Å². The molecule has 0 spiro atoms. The molecule has 5 rings (SSSR count). The maximum atomic E-state index is 13.4. The van der Waals surface area contributed by atoms with Gasteiger partial charge in [-0.25, -0.2) is 8.42 Å². The van der Waals surface area contributed by atoms with E-state index in [0.29, 0.717) is 37.2 Å². The third-order valence-corrected chi connectivity index (χ3v) is 10.2. The molecule has 1 aromatic carbocycles. The number of fused-ring (bicyclic) bond motifs is 1. The normalized spacial score (nSPS) is 25.0. The predicted octanol–water partition coefficient (Wildman–Crippen LogP) is 3.57. The fraction of sp³-hybridized carbons (Fsp3) is 0.692. The van der Waals surface area contributed by atoms with Crippen molar-refractivity contribution in [3.8, 4) is 0 Å². The zero-order valence-electron chi connectivity index (χ0n) is 20.2. The van der Waals surface area contributed by atoms with Gasteiger partial charge >= 0.3 is 0 Å². The number of amides is 2. The first-order valence-corrected chi connectivity index (χ1v) is 14.5. The molecule has 8 heteroatoms. The minimum atomic E-state index is -3.62. The Kier molecular flexibility index (Phi) is 6.73. The van der Waals surface area contributed by atoms with Gasteiger partial charge in [0.1, 0.15) is 0 Å². The molecule has 0 N–H and O–H groups in total. The zero-order valence-corrected chi connectivity index (χ0v) is 21.1. The summed E-state index contributed by atoms with van der Waals surface area (Å²) in [5.74, 6) is 0.442. The van der Waals surface area contributed by atoms with Gasteiger partial charge in [-0.2, -0.15) is 4.31 Å². The van der Waals surface area contributed by atoms with Crippen LogP contribution in [0, 0.1) is 11.8 Å². The SMILES string of the molecule is C[C@H]1Cc2cc(S(=O)(=O)N3CCC(C(=O)N4CCCCCC4)CC3)ccc2N1C(=O)C1CCC1. The summed E-state index contributed by atoms with van der Waals surface area (Å²) in [5, 5.41) is 0. The first-order chi connectivity index (χ1) is 16.4. The first kappa shape index (κ1) is 23.8. The summed E-state index contributed by atoms with van der Waals surface area (Å²) in [6.07, 6.45) is 9.39. The van der Waals surface area contributed by atoms with E-state index in [2.05, 4.69) is 0 Å². The summed E-state index contributed by atoms with van der Waals surface area (Å²) < 4.78 is 28.4. The zero-order chi connectivity index (χ0) is 23.9. The smallest absolute Gasteiger partial charge is 0.243 e. The van der Waals surface area contributed by atoms with E-state index in [4.69, 9.17) is 0 Å². The maximum Gasteiger partial charge on any atom is 0.243 e. The van der Waals surface area contributed by atoms with Gasteiger partial charge in [-0.1, -0.05) is 19.3 Å². The number of hydrogen-bond acceptors (Lipinski definition) is 4. The van der Waals surface area contributed by atoms with Gasteiger partial charge in [0.2, 0.25) is 21.8 Å². The fourth-order valence-corrected chi connectivity index (χ4v) is 7.52. The second kappa shape index (κ2) is 9.61. The van der Waals surface area contributed by atoms with Gasteiger partial charge in [0.05, 0.1) is 4.90 Å². The number of carbonyl (C=O) groups excluding carboxylic acids is 2. The van der Waals surface area contributed by atoms with E-state index >= 15 is 0 Å². The Morgan fingerprint density at radius 1 is 0.824 bits per heavy atom. The second-order valence-corrected chi connectivity index (χ2v) is 12.5. The van der Waals surface area contributed by atoms with Gasteiger partial charge in [-0.3, -0.25) is 9.59 Å². The monoisotopic (exact) mass is 487 g/mol. The van der Waals surface area contributed by atoms with Crippen molar-refractivity contribution in [3.05, 3.63) is 23.8 Å². The number of piperidine rings is 1. The fourth-order valence-electron chi connectivity index (χ4n) is 6.00. The highest BCUT2D eigenvalue weighted by molar-refractivity contribution is 7.89. The summed E-state index contributed by atoms with van der Waals surface area (Å²) in [5.41, 5.74) is 1.80. The van der Waals surface area contributed by atoms with E-state index in [0.717, 1.165) is 56.4 Å². The number of benzene rings is 1. The van der Waals surface area contributed by atoms with Crippen molar-refractivity contribution >= 4 is 27.5 Å². The number of likely N-dealkylation sites (tertiary alicyclic amines) is 1. The molecule has 2 amide bonds. The molecule has 34 heavy (non-hydrogen) atoms. The van der Waals surface area contributed by atoms with E-state index in [1.165, 1.54) is 17.1 Å². The Morgan fingerprint density at radius 2 is 1.47 bits per heavy atom. The molecule has 0 bridgehead atoms. The van der Waals surface area contributed by atoms with Crippen LogP contribution in [0.25, 0.3) is 0 Å². The lowest BCUT2D eigenvalue weighted by atomic mass is 9.84. The van der Waals surface area contributed by atoms with E-state index < -0.39 is 10.0 Å². The largest absolute Gasteiger partial charge is 0.342 e. The molecule has 0 radical (unpaired) electrons. The van der Waals surface area contributed by atoms with Crippen LogP contribution >= 0.6 is 0 Å². The number of hydrogen-bond donors (Lipinski definition) is 0. The molecule has 3 fully saturated rings. The lowest BCUT2D eigenvalue weighted by Crippen LogP contribution is -2.44. The number of sulfonamides is 1. The second-order valence-electron chi connectivity index (χ2n) is 10.6. The summed E-state index contributed by atoms with van der Waals surface area (Å²) in [4.78, 5) is 30.1. The molecule has 0 unspecified atom stereocenters. The van der Waals surface area contributed by atoms with Crippen LogP contribution < -0.4 is 4.90 Å². The van der Waals surface area contributed by atoms with Crippen molar-refractivity contribution in [1.82, 2.24) is 9.21 Å². The predicted molar refractivity (Wildman–Crippen MR) is 131 cm³/mol. The molecule has 186 valence electrons. The summed E-state index contributed by atoms with van der Waals surface area (Å²) in [6, 6.07) is 5.30. The summed E-state index contributed by atoms with van der Waals surface area (Å²) in [7, 11) is -3.62. The molecule has 1 aromatic rings. The number of anilines is 1. The molecular weight excluding hydrogens is 450 g/mol. The standard InChI is InChI=1S/C26H37N3O4S/c1-19-17-22-18-23(9-10-24(22)29(19)26(31)20-7-6-8-20)34(32,33)28-15-11-21(12-16-28)25(30)27-13-4-2-3-5-14-27/h9-10,18-21H,2-8,11-17H2,1H3/t19-/m0/s1. The topological polar surface area (TPSA) is 78.0 Å². The van der Waals surface area contributed by atoms with E-state index in [9.17, 15) is 18.0 Å². The lowest BCUT2D eigenvalue weighted by Gasteiger charge is -2.33. The molecule has 2 saturated heterocycles. The Morgan fingerprint density at radius 3 is 2.09 bits per heavy atom. The quantitative estimate of drug-likeness (QED) is 0.651. The van der Waals surface area contributed by atoms with Crippen LogP contribution in [0.5, 0.6) is 0 Å². The highest BCUT2D eigenvalue weighted by Crippen LogP contribution is 2.39. The van der Waals surface area contributed by atoms with E-state index in [1.54, 1.807) is 12.1 Å². The van der Waals surface area contributed by atoms with Crippen molar-refractivity contribution in [2.24, 2.45) is 11.8 Å². The molecule has 1 atom stereocenters. The third kappa shape index (κ3) is 4.39. The Balaban J connectivity index is 1.25. The molecule has 3 aliphatic heterocycles. The van der Waals surface area contributed by atoms with E-state index in [1.807, 2.05) is 22.8 Å². The van der Waals surface area contributed by atoms with E-state index in [-0.39, 0.29) is 29.7 Å². The van der Waals surface area contributed by atoms with Crippen molar-refractivity contribution < 1.29 is 18.0 Å². The maximum absolute atomic E-state index is 13.4. The van der Waals surface area contributed by atoms with Gasteiger partial charge < -0.3 is 9.80 Å². The molecular formula is C26H37N3O4S. The van der Waals surface area contributed by atoms with Crippen LogP contribution in [0.4, 0.5) is 5.69 Å². The van der Waals surface area contributed by atoms with Gasteiger partial charge in [-0.15, -0.1) is 0 Å². The lowest BCUT2D eigenvalue weighted by molar-refractivity contribution is -0.136. The summed E-state index contributed by atoms with van der Waals surface area (Å²) in [6.45, 7) is 4.48. The van der Waals surface area contributed by atoms with Crippen molar-refractivity contribution in [2.75, 3.05) is 31.1 Å². The van der Waals surface area contributed by atoms with Crippen LogP contribution in [-0.4, -0.2) is 61.7 Å². The Bertz CT molecular complexity index is 1040. The summed E-state index contributed by atoms with van der Waals surface area (Å²) >= 11 is 0. The molecule has 7 nitrogen and oxygen atoms in total. The molecule has 3 heterocycles. The minimum absolute atomic E-state index is 0.0572.